The third kappa shape index (κ3) is 2.42. The Morgan fingerprint density at radius 1 is 1.32 bits per heavy atom. The van der Waals surface area contributed by atoms with Crippen molar-refractivity contribution in [3.63, 3.8) is 0 Å². The summed E-state index contributed by atoms with van der Waals surface area (Å²) in [5.74, 6) is 0.134. The molecule has 1 unspecified atom stereocenters. The number of rotatable bonds is 3. The molecule has 3 rings (SSSR count). The average Bonchev–Trinajstić information content (AvgIpc) is 2.79. The second kappa shape index (κ2) is 4.93. The lowest BCUT2D eigenvalue weighted by Gasteiger charge is -2.15. The van der Waals surface area contributed by atoms with Gasteiger partial charge in [-0.3, -0.25) is 9.78 Å². The highest BCUT2D eigenvalue weighted by atomic mass is 16.3. The van der Waals surface area contributed by atoms with E-state index in [9.17, 15) is 4.79 Å². The normalized spacial score (nSPS) is 19.3. The molecule has 1 atom stereocenters. The molecule has 19 heavy (non-hydrogen) atoms. The smallest absolute Gasteiger partial charge is 0.223 e. The van der Waals surface area contributed by atoms with E-state index in [1.807, 2.05) is 24.3 Å². The summed E-state index contributed by atoms with van der Waals surface area (Å²) in [7, 11) is 0. The number of likely N-dealkylation sites (tertiary alicyclic amines) is 1. The summed E-state index contributed by atoms with van der Waals surface area (Å²) in [5.41, 5.74) is 2.48. The number of aliphatic hydroxyl groups excluding tert-OH is 1. The predicted octanol–water partition coefficient (Wildman–Crippen LogP) is 0.971. The molecule has 1 aliphatic rings. The van der Waals surface area contributed by atoms with Gasteiger partial charge in [0.2, 0.25) is 5.91 Å². The Morgan fingerprint density at radius 2 is 2.11 bits per heavy atom. The number of aromatic nitrogens is 2. The van der Waals surface area contributed by atoms with Crippen molar-refractivity contribution < 1.29 is 9.90 Å². The van der Waals surface area contributed by atoms with Crippen LogP contribution in [0.5, 0.6) is 0 Å². The van der Waals surface area contributed by atoms with E-state index in [4.69, 9.17) is 5.11 Å². The summed E-state index contributed by atoms with van der Waals surface area (Å²) < 4.78 is 0. The van der Waals surface area contributed by atoms with Crippen LogP contribution in [0.4, 0.5) is 0 Å². The molecule has 0 bridgehead atoms. The van der Waals surface area contributed by atoms with Crippen LogP contribution in [-0.2, 0) is 11.3 Å². The van der Waals surface area contributed by atoms with Crippen LogP contribution < -0.4 is 0 Å². The van der Waals surface area contributed by atoms with E-state index in [-0.39, 0.29) is 18.4 Å². The number of carbonyl (C=O) groups is 1. The number of nitrogens with zero attached hydrogens (tertiary/aromatic N) is 3. The molecule has 1 N–H and O–H groups in total. The third-order valence-electron chi connectivity index (χ3n) is 3.40. The molecule has 1 amide bonds. The van der Waals surface area contributed by atoms with Crippen molar-refractivity contribution in [3.8, 4) is 0 Å². The van der Waals surface area contributed by atoms with Gasteiger partial charge in [0, 0.05) is 25.5 Å². The highest BCUT2D eigenvalue weighted by Gasteiger charge is 2.29. The monoisotopic (exact) mass is 257 g/mol. The quantitative estimate of drug-likeness (QED) is 0.889. The Bertz CT molecular complexity index is 614. The molecule has 1 aromatic heterocycles. The van der Waals surface area contributed by atoms with Gasteiger partial charge in [0.25, 0.3) is 0 Å². The second-order valence-corrected chi connectivity index (χ2v) is 4.88. The largest absolute Gasteiger partial charge is 0.396 e. The van der Waals surface area contributed by atoms with Crippen molar-refractivity contribution >= 4 is 16.9 Å². The summed E-state index contributed by atoms with van der Waals surface area (Å²) >= 11 is 0. The molecule has 1 saturated heterocycles. The zero-order valence-electron chi connectivity index (χ0n) is 10.5. The van der Waals surface area contributed by atoms with E-state index in [2.05, 4.69) is 9.97 Å². The summed E-state index contributed by atoms with van der Waals surface area (Å²) in [6, 6.07) is 7.67. The maximum absolute atomic E-state index is 11.8. The van der Waals surface area contributed by atoms with Crippen LogP contribution in [0.1, 0.15) is 12.1 Å². The van der Waals surface area contributed by atoms with E-state index in [1.54, 1.807) is 11.1 Å². The molecule has 2 aromatic rings. The average molecular weight is 257 g/mol. The minimum atomic E-state index is 0.0564. The SMILES string of the molecule is O=C1CC(CO)CN1Cc1cnc2ccccc2n1. The zero-order valence-corrected chi connectivity index (χ0v) is 10.5. The van der Waals surface area contributed by atoms with Crippen molar-refractivity contribution in [2.24, 2.45) is 5.92 Å². The Labute approximate surface area is 110 Å². The van der Waals surface area contributed by atoms with Gasteiger partial charge < -0.3 is 10.0 Å². The first-order valence-corrected chi connectivity index (χ1v) is 6.35. The molecule has 0 radical (unpaired) electrons. The number of aliphatic hydroxyl groups is 1. The molecule has 0 spiro atoms. The maximum Gasteiger partial charge on any atom is 0.223 e. The van der Waals surface area contributed by atoms with Gasteiger partial charge in [-0.05, 0) is 12.1 Å². The van der Waals surface area contributed by atoms with Gasteiger partial charge in [-0.2, -0.15) is 0 Å². The summed E-state index contributed by atoms with van der Waals surface area (Å²) in [6.45, 7) is 1.13. The number of carbonyl (C=O) groups excluding carboxylic acids is 1. The van der Waals surface area contributed by atoms with Crippen LogP contribution >= 0.6 is 0 Å². The highest BCUT2D eigenvalue weighted by Crippen LogP contribution is 2.19. The van der Waals surface area contributed by atoms with Crippen LogP contribution in [0.3, 0.4) is 0 Å². The lowest BCUT2D eigenvalue weighted by molar-refractivity contribution is -0.128. The first-order chi connectivity index (χ1) is 9.26. The molecule has 1 aromatic carbocycles. The van der Waals surface area contributed by atoms with Gasteiger partial charge in [-0.1, -0.05) is 12.1 Å². The van der Waals surface area contributed by atoms with Crippen molar-refractivity contribution in [1.82, 2.24) is 14.9 Å². The number of para-hydroxylation sites is 2. The highest BCUT2D eigenvalue weighted by molar-refractivity contribution is 5.78. The van der Waals surface area contributed by atoms with Crippen molar-refractivity contribution in [2.45, 2.75) is 13.0 Å². The molecule has 1 fully saturated rings. The summed E-state index contributed by atoms with van der Waals surface area (Å²) in [4.78, 5) is 22.4. The molecule has 2 heterocycles. The Morgan fingerprint density at radius 3 is 2.84 bits per heavy atom. The fourth-order valence-electron chi connectivity index (χ4n) is 2.40. The molecule has 0 saturated carbocycles. The first-order valence-electron chi connectivity index (χ1n) is 6.35. The topological polar surface area (TPSA) is 66.3 Å². The van der Waals surface area contributed by atoms with Gasteiger partial charge in [0.1, 0.15) is 0 Å². The second-order valence-electron chi connectivity index (χ2n) is 4.88. The third-order valence-corrected chi connectivity index (χ3v) is 3.40. The van der Waals surface area contributed by atoms with E-state index in [0.29, 0.717) is 19.5 Å². The van der Waals surface area contributed by atoms with Gasteiger partial charge in [-0.25, -0.2) is 4.98 Å². The van der Waals surface area contributed by atoms with Crippen LogP contribution in [0, 0.1) is 5.92 Å². The van der Waals surface area contributed by atoms with E-state index in [0.717, 1.165) is 16.7 Å². The molecule has 1 aliphatic heterocycles. The van der Waals surface area contributed by atoms with Crippen LogP contribution in [-0.4, -0.2) is 39.0 Å². The molecule has 98 valence electrons. The number of benzene rings is 1. The molecule has 5 nitrogen and oxygen atoms in total. The number of fused-ring (bicyclic) bond motifs is 1. The Kier molecular flexibility index (Phi) is 3.13. The van der Waals surface area contributed by atoms with Crippen molar-refractivity contribution in [3.05, 3.63) is 36.2 Å². The van der Waals surface area contributed by atoms with E-state index < -0.39 is 0 Å². The fraction of sp³-hybridized carbons (Fsp3) is 0.357. The standard InChI is InChI=1S/C14H15N3O2/c18-9-10-5-14(19)17(7-10)8-11-6-15-12-3-1-2-4-13(12)16-11/h1-4,6,10,18H,5,7-9H2. The predicted molar refractivity (Wildman–Crippen MR) is 70.1 cm³/mol. The van der Waals surface area contributed by atoms with E-state index >= 15 is 0 Å². The van der Waals surface area contributed by atoms with E-state index in [1.165, 1.54) is 0 Å². The number of hydrogen-bond acceptors (Lipinski definition) is 4. The van der Waals surface area contributed by atoms with Crippen LogP contribution in [0.25, 0.3) is 11.0 Å². The minimum Gasteiger partial charge on any atom is -0.396 e. The first kappa shape index (κ1) is 12.0. The van der Waals surface area contributed by atoms with Gasteiger partial charge >= 0.3 is 0 Å². The number of hydrogen-bond donors (Lipinski definition) is 1. The molecular weight excluding hydrogens is 242 g/mol. The zero-order chi connectivity index (χ0) is 13.2. The Balaban J connectivity index is 1.80. The molecule has 5 heteroatoms. The van der Waals surface area contributed by atoms with Gasteiger partial charge in [-0.15, -0.1) is 0 Å². The maximum atomic E-state index is 11.8. The lowest BCUT2D eigenvalue weighted by atomic mass is 10.1. The number of amides is 1. The van der Waals surface area contributed by atoms with Crippen molar-refractivity contribution in [1.29, 1.82) is 0 Å². The Hall–Kier alpha value is -2.01. The lowest BCUT2D eigenvalue weighted by Crippen LogP contribution is -2.25. The molecule has 0 aliphatic carbocycles. The molecular formula is C14H15N3O2. The van der Waals surface area contributed by atoms with Crippen LogP contribution in [0.15, 0.2) is 30.5 Å². The van der Waals surface area contributed by atoms with Crippen LogP contribution in [0.2, 0.25) is 0 Å². The summed E-state index contributed by atoms with van der Waals surface area (Å²) in [5, 5.41) is 9.10. The minimum absolute atomic E-state index is 0.0564. The van der Waals surface area contributed by atoms with Gasteiger partial charge in [0.15, 0.2) is 0 Å². The summed E-state index contributed by atoms with van der Waals surface area (Å²) in [6.07, 6.45) is 2.14. The fourth-order valence-corrected chi connectivity index (χ4v) is 2.40. The van der Waals surface area contributed by atoms with Crippen molar-refractivity contribution in [2.75, 3.05) is 13.2 Å². The van der Waals surface area contributed by atoms with Gasteiger partial charge in [0.05, 0.1) is 29.5 Å².